The smallest absolute Gasteiger partial charge is 0.189 e. The van der Waals surface area contributed by atoms with Crippen LogP contribution in [0.1, 0.15) is 0 Å². The summed E-state index contributed by atoms with van der Waals surface area (Å²) < 4.78 is 10.1. The van der Waals surface area contributed by atoms with Crippen LogP contribution < -0.4 is 0 Å². The number of carbonyl (C=O) groups is 1. The van der Waals surface area contributed by atoms with E-state index in [0.717, 1.165) is 0 Å². The fraction of sp³-hybridized carbons (Fsp3) is 0.917. The van der Waals surface area contributed by atoms with E-state index in [0.29, 0.717) is 0 Å². The fourth-order valence-electron chi connectivity index (χ4n) is 2.09. The quantitative estimate of drug-likeness (QED) is 0.209. The van der Waals surface area contributed by atoms with Crippen molar-refractivity contribution in [2.75, 3.05) is 19.8 Å². The molecule has 1 saturated heterocycles. The van der Waals surface area contributed by atoms with Crippen LogP contribution in [-0.4, -0.2) is 115 Å². The Balaban J connectivity index is 2.91. The maximum absolute atomic E-state index is 11.3. The van der Waals surface area contributed by atoms with Gasteiger partial charge >= 0.3 is 0 Å². The minimum absolute atomic E-state index is 0.726. The summed E-state index contributed by atoms with van der Waals surface area (Å²) in [6, 6.07) is 0. The second kappa shape index (κ2) is 8.94. The predicted molar refractivity (Wildman–Crippen MR) is 69.8 cm³/mol. The Morgan fingerprint density at radius 3 is 2.13 bits per heavy atom. The summed E-state index contributed by atoms with van der Waals surface area (Å²) in [7, 11) is 0. The Labute approximate surface area is 130 Å². The van der Waals surface area contributed by atoms with Gasteiger partial charge in [0, 0.05) is 0 Å². The van der Waals surface area contributed by atoms with E-state index in [-0.39, 0.29) is 0 Å². The summed E-state index contributed by atoms with van der Waals surface area (Å²) in [5.41, 5.74) is 0. The molecule has 0 amide bonds. The molecule has 11 nitrogen and oxygen atoms in total. The second-order valence-electron chi connectivity index (χ2n) is 5.12. The molecule has 0 unspecified atom stereocenters. The molecule has 1 aliphatic heterocycles. The van der Waals surface area contributed by atoms with Gasteiger partial charge in [0.05, 0.1) is 13.2 Å². The van der Waals surface area contributed by atoms with Gasteiger partial charge in [-0.05, 0) is 0 Å². The molecule has 0 aliphatic carbocycles. The summed E-state index contributed by atoms with van der Waals surface area (Å²) in [6.07, 6.45) is -13.8. The van der Waals surface area contributed by atoms with E-state index in [9.17, 15) is 30.3 Å². The van der Waals surface area contributed by atoms with Crippen molar-refractivity contribution in [3.8, 4) is 0 Å². The standard InChI is InChI=1S/C12H22O11/c13-1-4(16)7(18)11(5(17)2-14)23-12-10(21)9(20)8(19)6(3-15)22-12/h5-15,17-21H,1-3H2/t5-,6+,7-,8+,9-,10+,11+,12-/m1/s1. The van der Waals surface area contributed by atoms with Crippen LogP contribution in [0.25, 0.3) is 0 Å². The van der Waals surface area contributed by atoms with Crippen LogP contribution in [0.5, 0.6) is 0 Å². The highest BCUT2D eigenvalue weighted by Gasteiger charge is 2.46. The lowest BCUT2D eigenvalue weighted by Gasteiger charge is -2.41. The Bertz CT molecular complexity index is 376. The lowest BCUT2D eigenvalue weighted by Crippen LogP contribution is -2.61. The molecule has 1 heterocycles. The molecule has 1 aliphatic rings. The zero-order valence-electron chi connectivity index (χ0n) is 12.0. The first-order valence-corrected chi connectivity index (χ1v) is 6.85. The SMILES string of the molecule is O=C(CO)[C@@H](O)[C@@H](O[C@H]1O[C@@H](CO)[C@H](O)[C@@H](O)[C@@H]1O)[C@H](O)CO. The monoisotopic (exact) mass is 342 g/mol. The van der Waals surface area contributed by atoms with Crippen molar-refractivity contribution in [1.29, 1.82) is 0 Å². The Morgan fingerprint density at radius 1 is 1.04 bits per heavy atom. The predicted octanol–water partition coefficient (Wildman–Crippen LogP) is -5.55. The van der Waals surface area contributed by atoms with E-state index in [2.05, 4.69) is 0 Å². The van der Waals surface area contributed by atoms with E-state index in [4.69, 9.17) is 24.8 Å². The average Bonchev–Trinajstić information content (AvgIpc) is 2.57. The molecular weight excluding hydrogens is 320 g/mol. The molecule has 0 bridgehead atoms. The number of aliphatic hydroxyl groups is 8. The van der Waals surface area contributed by atoms with Gasteiger partial charge in [-0.25, -0.2) is 0 Å². The first-order valence-electron chi connectivity index (χ1n) is 6.85. The molecule has 136 valence electrons. The van der Waals surface area contributed by atoms with Crippen molar-refractivity contribution in [1.82, 2.24) is 0 Å². The highest BCUT2D eigenvalue weighted by molar-refractivity contribution is 5.84. The van der Waals surface area contributed by atoms with E-state index >= 15 is 0 Å². The highest BCUT2D eigenvalue weighted by Crippen LogP contribution is 2.24. The molecular formula is C12H22O11. The van der Waals surface area contributed by atoms with Gasteiger partial charge in [-0.1, -0.05) is 0 Å². The number of aliphatic hydroxyl groups excluding tert-OH is 8. The van der Waals surface area contributed by atoms with Crippen molar-refractivity contribution < 1.29 is 55.1 Å². The minimum atomic E-state index is -2.05. The zero-order chi connectivity index (χ0) is 17.7. The lowest BCUT2D eigenvalue weighted by atomic mass is 9.98. The molecule has 0 aromatic heterocycles. The number of hydrogen-bond donors (Lipinski definition) is 8. The van der Waals surface area contributed by atoms with Crippen LogP contribution in [0.15, 0.2) is 0 Å². The summed E-state index contributed by atoms with van der Waals surface area (Å²) in [6.45, 7) is -2.71. The van der Waals surface area contributed by atoms with Crippen LogP contribution >= 0.6 is 0 Å². The fourth-order valence-corrected chi connectivity index (χ4v) is 2.09. The van der Waals surface area contributed by atoms with E-state index < -0.39 is 74.6 Å². The van der Waals surface area contributed by atoms with Crippen LogP contribution in [-0.2, 0) is 14.3 Å². The van der Waals surface area contributed by atoms with Crippen molar-refractivity contribution in [3.05, 3.63) is 0 Å². The first-order chi connectivity index (χ1) is 10.8. The van der Waals surface area contributed by atoms with Crippen LogP contribution in [0.2, 0.25) is 0 Å². The van der Waals surface area contributed by atoms with E-state index in [1.807, 2.05) is 0 Å². The molecule has 0 saturated carbocycles. The van der Waals surface area contributed by atoms with Crippen LogP contribution in [0, 0.1) is 0 Å². The van der Waals surface area contributed by atoms with Crippen molar-refractivity contribution in [2.24, 2.45) is 0 Å². The molecule has 0 radical (unpaired) electrons. The lowest BCUT2D eigenvalue weighted by molar-refractivity contribution is -0.323. The van der Waals surface area contributed by atoms with E-state index in [1.54, 1.807) is 0 Å². The number of ketones is 1. The molecule has 0 aromatic carbocycles. The topological polar surface area (TPSA) is 197 Å². The number of hydrogen-bond acceptors (Lipinski definition) is 11. The molecule has 1 rings (SSSR count). The molecule has 23 heavy (non-hydrogen) atoms. The normalized spacial score (nSPS) is 35.6. The van der Waals surface area contributed by atoms with Gasteiger partial charge in [0.2, 0.25) is 0 Å². The third-order valence-electron chi connectivity index (χ3n) is 3.50. The van der Waals surface area contributed by atoms with Gasteiger partial charge in [-0.2, -0.15) is 0 Å². The maximum Gasteiger partial charge on any atom is 0.189 e. The third-order valence-corrected chi connectivity index (χ3v) is 3.50. The van der Waals surface area contributed by atoms with Crippen LogP contribution in [0.3, 0.4) is 0 Å². The summed E-state index contributed by atoms with van der Waals surface area (Å²) in [5.74, 6) is -1.12. The third kappa shape index (κ3) is 4.64. The number of rotatable bonds is 8. The molecule has 0 aromatic rings. The Kier molecular flexibility index (Phi) is 7.89. The number of ether oxygens (including phenoxy) is 2. The van der Waals surface area contributed by atoms with Gasteiger partial charge < -0.3 is 50.3 Å². The van der Waals surface area contributed by atoms with Gasteiger partial charge in [-0.15, -0.1) is 0 Å². The molecule has 11 heteroatoms. The van der Waals surface area contributed by atoms with Gasteiger partial charge in [-0.3, -0.25) is 4.79 Å². The van der Waals surface area contributed by atoms with Crippen molar-refractivity contribution in [3.63, 3.8) is 0 Å². The first kappa shape index (κ1) is 20.3. The van der Waals surface area contributed by atoms with Gasteiger partial charge in [0.25, 0.3) is 0 Å². The molecule has 0 spiro atoms. The zero-order valence-corrected chi connectivity index (χ0v) is 12.0. The summed E-state index contributed by atoms with van der Waals surface area (Å²) in [5, 5.41) is 75.1. The van der Waals surface area contributed by atoms with Crippen molar-refractivity contribution >= 4 is 5.78 Å². The van der Waals surface area contributed by atoms with Crippen LogP contribution in [0.4, 0.5) is 0 Å². The second-order valence-corrected chi connectivity index (χ2v) is 5.12. The summed E-state index contributed by atoms with van der Waals surface area (Å²) in [4.78, 5) is 11.3. The van der Waals surface area contributed by atoms with Crippen molar-refractivity contribution in [2.45, 2.75) is 49.0 Å². The summed E-state index contributed by atoms with van der Waals surface area (Å²) >= 11 is 0. The Hall–Kier alpha value is -0.730. The molecule has 1 fully saturated rings. The Morgan fingerprint density at radius 2 is 1.65 bits per heavy atom. The number of carbonyl (C=O) groups excluding carboxylic acids is 1. The van der Waals surface area contributed by atoms with E-state index in [1.165, 1.54) is 0 Å². The van der Waals surface area contributed by atoms with Gasteiger partial charge in [0.1, 0.15) is 49.3 Å². The maximum atomic E-state index is 11.3. The minimum Gasteiger partial charge on any atom is -0.394 e. The number of Topliss-reactive ketones (excluding diaryl/α,β-unsaturated/α-hetero) is 1. The molecule has 8 atom stereocenters. The molecule has 8 N–H and O–H groups in total. The largest absolute Gasteiger partial charge is 0.394 e. The highest BCUT2D eigenvalue weighted by atomic mass is 16.7. The average molecular weight is 342 g/mol. The van der Waals surface area contributed by atoms with Gasteiger partial charge in [0.15, 0.2) is 12.1 Å².